The van der Waals surface area contributed by atoms with Gasteiger partial charge in [0.15, 0.2) is 0 Å². The van der Waals surface area contributed by atoms with E-state index < -0.39 is 0 Å². The lowest BCUT2D eigenvalue weighted by Gasteiger charge is -2.31. The summed E-state index contributed by atoms with van der Waals surface area (Å²) in [7, 11) is 0. The molecular weight excluding hydrogens is 192 g/mol. The van der Waals surface area contributed by atoms with E-state index in [0.29, 0.717) is 0 Å². The van der Waals surface area contributed by atoms with Crippen LogP contribution in [0.15, 0.2) is 24.3 Å². The molecule has 1 unspecified atom stereocenters. The van der Waals surface area contributed by atoms with Crippen LogP contribution >= 0.6 is 0 Å². The maximum absolute atomic E-state index is 2.42. The van der Waals surface area contributed by atoms with Crippen molar-refractivity contribution in [3.8, 4) is 0 Å². The second-order valence-electron chi connectivity index (χ2n) is 5.67. The molecular formula is C16H24. The minimum absolute atomic E-state index is 0.744. The molecule has 1 aromatic carbocycles. The number of hydrogen-bond acceptors (Lipinski definition) is 0. The summed E-state index contributed by atoms with van der Waals surface area (Å²) in [6.07, 6.45) is 5.72. The van der Waals surface area contributed by atoms with E-state index in [-0.39, 0.29) is 0 Å². The topological polar surface area (TPSA) is 0 Å². The van der Waals surface area contributed by atoms with Gasteiger partial charge in [0, 0.05) is 0 Å². The Kier molecular flexibility index (Phi) is 3.68. The van der Waals surface area contributed by atoms with Gasteiger partial charge in [0.05, 0.1) is 0 Å². The summed E-state index contributed by atoms with van der Waals surface area (Å²) >= 11 is 0. The van der Waals surface area contributed by atoms with Crippen molar-refractivity contribution < 1.29 is 0 Å². The van der Waals surface area contributed by atoms with E-state index in [0.717, 1.165) is 17.8 Å². The highest BCUT2D eigenvalue weighted by atomic mass is 14.3. The minimum atomic E-state index is 0.744. The molecule has 0 aromatic heterocycles. The van der Waals surface area contributed by atoms with Crippen LogP contribution in [0.1, 0.15) is 56.6 Å². The van der Waals surface area contributed by atoms with Crippen LogP contribution in [0, 0.1) is 18.8 Å². The van der Waals surface area contributed by atoms with Crippen LogP contribution in [-0.2, 0) is 0 Å². The average molecular weight is 216 g/mol. The van der Waals surface area contributed by atoms with Gasteiger partial charge in [-0.25, -0.2) is 0 Å². The second-order valence-corrected chi connectivity index (χ2v) is 5.67. The van der Waals surface area contributed by atoms with E-state index in [2.05, 4.69) is 45.0 Å². The van der Waals surface area contributed by atoms with E-state index in [1.54, 1.807) is 5.56 Å². The maximum atomic E-state index is 2.42. The Morgan fingerprint density at radius 2 is 1.69 bits per heavy atom. The van der Waals surface area contributed by atoms with Crippen LogP contribution in [0.25, 0.3) is 0 Å². The fourth-order valence-electron chi connectivity index (χ4n) is 3.14. The Hall–Kier alpha value is -0.780. The molecule has 1 aliphatic carbocycles. The molecule has 0 heteroatoms. The molecule has 16 heavy (non-hydrogen) atoms. The Morgan fingerprint density at radius 3 is 2.31 bits per heavy atom. The van der Waals surface area contributed by atoms with Crippen molar-refractivity contribution in [3.05, 3.63) is 35.4 Å². The van der Waals surface area contributed by atoms with Crippen molar-refractivity contribution in [2.45, 2.75) is 52.4 Å². The molecule has 1 aromatic rings. The summed E-state index contributed by atoms with van der Waals surface area (Å²) in [4.78, 5) is 0. The third kappa shape index (κ3) is 2.48. The number of hydrogen-bond donors (Lipinski definition) is 0. The van der Waals surface area contributed by atoms with E-state index in [9.17, 15) is 0 Å². The zero-order valence-electron chi connectivity index (χ0n) is 10.9. The lowest BCUT2D eigenvalue weighted by molar-refractivity contribution is 0.261. The zero-order chi connectivity index (χ0) is 11.5. The lowest BCUT2D eigenvalue weighted by atomic mass is 9.74. The van der Waals surface area contributed by atoms with E-state index in [1.807, 2.05) is 0 Å². The van der Waals surface area contributed by atoms with Crippen molar-refractivity contribution in [2.75, 3.05) is 0 Å². The molecule has 0 aliphatic heterocycles. The molecule has 1 atom stereocenters. The third-order valence-electron chi connectivity index (χ3n) is 4.45. The van der Waals surface area contributed by atoms with E-state index in [4.69, 9.17) is 0 Å². The van der Waals surface area contributed by atoms with Crippen LogP contribution < -0.4 is 0 Å². The van der Waals surface area contributed by atoms with Crippen molar-refractivity contribution in [3.63, 3.8) is 0 Å². The summed E-state index contributed by atoms with van der Waals surface area (Å²) in [5.41, 5.74) is 3.04. The van der Waals surface area contributed by atoms with Crippen molar-refractivity contribution >= 4 is 0 Å². The first-order chi connectivity index (χ1) is 7.68. The monoisotopic (exact) mass is 216 g/mol. The quantitative estimate of drug-likeness (QED) is 0.658. The Balaban J connectivity index is 2.07. The van der Waals surface area contributed by atoms with E-state index in [1.165, 1.54) is 31.2 Å². The SMILES string of the molecule is Cc1ccccc1C(C)C1CCC(C)CC1. The summed E-state index contributed by atoms with van der Waals surface area (Å²) in [5, 5.41) is 0. The normalized spacial score (nSPS) is 27.7. The number of benzene rings is 1. The van der Waals surface area contributed by atoms with Crippen molar-refractivity contribution in [1.29, 1.82) is 0 Å². The van der Waals surface area contributed by atoms with Gasteiger partial charge in [-0.05, 0) is 48.6 Å². The molecule has 0 N–H and O–H groups in total. The fraction of sp³-hybridized carbons (Fsp3) is 0.625. The van der Waals surface area contributed by atoms with Crippen LogP contribution in [-0.4, -0.2) is 0 Å². The molecule has 0 amide bonds. The molecule has 0 bridgehead atoms. The molecule has 0 heterocycles. The van der Waals surface area contributed by atoms with Crippen molar-refractivity contribution in [1.82, 2.24) is 0 Å². The molecule has 1 aliphatic rings. The molecule has 0 radical (unpaired) electrons. The van der Waals surface area contributed by atoms with Gasteiger partial charge in [0.2, 0.25) is 0 Å². The first kappa shape index (κ1) is 11.7. The Morgan fingerprint density at radius 1 is 1.06 bits per heavy atom. The standard InChI is InChI=1S/C16H24/c1-12-8-10-15(11-9-12)14(3)16-7-5-4-6-13(16)2/h4-7,12,14-15H,8-11H2,1-3H3. The summed E-state index contributed by atoms with van der Waals surface area (Å²) < 4.78 is 0. The van der Waals surface area contributed by atoms with Gasteiger partial charge < -0.3 is 0 Å². The van der Waals surface area contributed by atoms with Gasteiger partial charge in [0.25, 0.3) is 0 Å². The molecule has 1 saturated carbocycles. The van der Waals surface area contributed by atoms with Crippen molar-refractivity contribution in [2.24, 2.45) is 11.8 Å². The highest BCUT2D eigenvalue weighted by Crippen LogP contribution is 2.38. The van der Waals surface area contributed by atoms with Gasteiger partial charge in [-0.3, -0.25) is 0 Å². The molecule has 88 valence electrons. The third-order valence-corrected chi connectivity index (χ3v) is 4.45. The van der Waals surface area contributed by atoms with Crippen LogP contribution in [0.5, 0.6) is 0 Å². The highest BCUT2D eigenvalue weighted by Gasteiger charge is 2.24. The average Bonchev–Trinajstić information content (AvgIpc) is 2.30. The fourth-order valence-corrected chi connectivity index (χ4v) is 3.14. The molecule has 1 fully saturated rings. The van der Waals surface area contributed by atoms with Crippen LogP contribution in [0.3, 0.4) is 0 Å². The number of aryl methyl sites for hydroxylation is 1. The van der Waals surface area contributed by atoms with Gasteiger partial charge >= 0.3 is 0 Å². The van der Waals surface area contributed by atoms with E-state index >= 15 is 0 Å². The summed E-state index contributed by atoms with van der Waals surface area (Å²) in [6, 6.07) is 8.90. The van der Waals surface area contributed by atoms with Gasteiger partial charge in [-0.1, -0.05) is 51.0 Å². The molecule has 0 saturated heterocycles. The van der Waals surface area contributed by atoms with Gasteiger partial charge in [-0.15, -0.1) is 0 Å². The van der Waals surface area contributed by atoms with Crippen LogP contribution in [0.4, 0.5) is 0 Å². The van der Waals surface area contributed by atoms with Gasteiger partial charge in [-0.2, -0.15) is 0 Å². The van der Waals surface area contributed by atoms with Crippen LogP contribution in [0.2, 0.25) is 0 Å². The first-order valence-corrected chi connectivity index (χ1v) is 6.74. The summed E-state index contributed by atoms with van der Waals surface area (Å²) in [5.74, 6) is 2.62. The molecule has 0 spiro atoms. The first-order valence-electron chi connectivity index (χ1n) is 6.74. The lowest BCUT2D eigenvalue weighted by Crippen LogP contribution is -2.18. The predicted molar refractivity (Wildman–Crippen MR) is 70.7 cm³/mol. The minimum Gasteiger partial charge on any atom is -0.0625 e. The zero-order valence-corrected chi connectivity index (χ0v) is 10.9. The highest BCUT2D eigenvalue weighted by molar-refractivity contribution is 5.29. The van der Waals surface area contributed by atoms with Gasteiger partial charge in [0.1, 0.15) is 0 Å². The second kappa shape index (κ2) is 5.03. The predicted octanol–water partition coefficient (Wildman–Crippen LogP) is 4.92. The number of rotatable bonds is 2. The smallest absolute Gasteiger partial charge is 0.0159 e. The largest absolute Gasteiger partial charge is 0.0625 e. The Labute approximate surface area is 100 Å². The molecule has 2 rings (SSSR count). The summed E-state index contributed by atoms with van der Waals surface area (Å²) in [6.45, 7) is 7.06. The maximum Gasteiger partial charge on any atom is -0.0159 e. The Bertz CT molecular complexity index is 332. The molecule has 0 nitrogen and oxygen atoms in total.